The van der Waals surface area contributed by atoms with Crippen molar-refractivity contribution in [2.45, 2.75) is 5.03 Å². The van der Waals surface area contributed by atoms with Gasteiger partial charge in [0.25, 0.3) is 5.91 Å². The Bertz CT molecular complexity index is 794. The molecule has 7 nitrogen and oxygen atoms in total. The maximum absolute atomic E-state index is 11.8. The Morgan fingerprint density at radius 1 is 1.25 bits per heavy atom. The number of anilines is 1. The monoisotopic (exact) mass is 293 g/mol. The molecule has 2 heterocycles. The third-order valence-corrected chi connectivity index (χ3v) is 3.39. The average Bonchev–Trinajstić information content (AvgIpc) is 2.38. The first kappa shape index (κ1) is 13.9. The maximum atomic E-state index is 11.8. The second-order valence-corrected chi connectivity index (χ2v) is 6.00. The molecule has 0 fully saturated rings. The molecule has 0 saturated carbocycles. The molecule has 8 heteroatoms. The molecule has 0 atom stereocenters. The van der Waals surface area contributed by atoms with Gasteiger partial charge in [-0.05, 0) is 18.2 Å². The van der Waals surface area contributed by atoms with E-state index in [0.29, 0.717) is 5.69 Å². The van der Waals surface area contributed by atoms with Gasteiger partial charge < -0.3 is 10.3 Å². The highest BCUT2D eigenvalue weighted by Gasteiger charge is 2.10. The number of aromatic amines is 1. The van der Waals surface area contributed by atoms with Gasteiger partial charge in [0.2, 0.25) is 5.56 Å². The number of H-pyrrole nitrogens is 1. The zero-order valence-electron chi connectivity index (χ0n) is 10.5. The molecule has 0 radical (unpaired) electrons. The maximum Gasteiger partial charge on any atom is 0.272 e. The second-order valence-electron chi connectivity index (χ2n) is 4.04. The van der Waals surface area contributed by atoms with Crippen LogP contribution in [-0.2, 0) is 9.84 Å². The van der Waals surface area contributed by atoms with E-state index in [1.165, 1.54) is 36.5 Å². The van der Waals surface area contributed by atoms with Crippen LogP contribution >= 0.6 is 0 Å². The number of hydrogen-bond donors (Lipinski definition) is 2. The fourth-order valence-electron chi connectivity index (χ4n) is 1.45. The van der Waals surface area contributed by atoms with E-state index < -0.39 is 15.7 Å². The number of amides is 1. The van der Waals surface area contributed by atoms with Crippen molar-refractivity contribution in [2.24, 2.45) is 0 Å². The van der Waals surface area contributed by atoms with E-state index in [9.17, 15) is 18.0 Å². The molecule has 2 aromatic rings. The molecule has 0 unspecified atom stereocenters. The number of carbonyl (C=O) groups excluding carboxylic acids is 1. The Balaban J connectivity index is 2.18. The Morgan fingerprint density at radius 3 is 2.55 bits per heavy atom. The Kier molecular flexibility index (Phi) is 3.66. The lowest BCUT2D eigenvalue weighted by Crippen LogP contribution is -2.18. The van der Waals surface area contributed by atoms with E-state index >= 15 is 0 Å². The molecule has 2 N–H and O–H groups in total. The summed E-state index contributed by atoms with van der Waals surface area (Å²) in [4.78, 5) is 29.0. The molecule has 0 aliphatic carbocycles. The molecule has 20 heavy (non-hydrogen) atoms. The Morgan fingerprint density at radius 2 is 2.00 bits per heavy atom. The molecular formula is C12H11N3O4S. The van der Waals surface area contributed by atoms with Crippen LogP contribution in [0, 0.1) is 0 Å². The fourth-order valence-corrected chi connectivity index (χ4v) is 2.01. The lowest BCUT2D eigenvalue weighted by Gasteiger charge is -2.05. The predicted octanol–water partition coefficient (Wildman–Crippen LogP) is 0.426. The highest BCUT2D eigenvalue weighted by Crippen LogP contribution is 2.11. The number of nitrogens with one attached hydrogen (secondary N) is 2. The van der Waals surface area contributed by atoms with E-state index in [2.05, 4.69) is 15.3 Å². The summed E-state index contributed by atoms with van der Waals surface area (Å²) in [6, 6.07) is 6.91. The molecule has 104 valence electrons. The molecule has 0 aliphatic heterocycles. The smallest absolute Gasteiger partial charge is 0.272 e. The van der Waals surface area contributed by atoms with Crippen molar-refractivity contribution in [1.82, 2.24) is 9.97 Å². The van der Waals surface area contributed by atoms with Crippen LogP contribution in [0.1, 0.15) is 10.5 Å². The first-order chi connectivity index (χ1) is 9.36. The van der Waals surface area contributed by atoms with Gasteiger partial charge in [-0.3, -0.25) is 9.59 Å². The molecule has 0 saturated heterocycles. The van der Waals surface area contributed by atoms with Crippen LogP contribution in [0.2, 0.25) is 0 Å². The first-order valence-corrected chi connectivity index (χ1v) is 7.42. The first-order valence-electron chi connectivity index (χ1n) is 5.53. The van der Waals surface area contributed by atoms with E-state index in [4.69, 9.17) is 0 Å². The van der Waals surface area contributed by atoms with Gasteiger partial charge >= 0.3 is 0 Å². The van der Waals surface area contributed by atoms with Crippen LogP contribution in [0.25, 0.3) is 0 Å². The lowest BCUT2D eigenvalue weighted by atomic mass is 10.3. The lowest BCUT2D eigenvalue weighted by molar-refractivity contribution is 0.102. The quantitative estimate of drug-likeness (QED) is 0.852. The second kappa shape index (κ2) is 5.25. The normalized spacial score (nSPS) is 11.1. The van der Waals surface area contributed by atoms with Crippen LogP contribution in [0.4, 0.5) is 5.69 Å². The summed E-state index contributed by atoms with van der Waals surface area (Å²) >= 11 is 0. The average molecular weight is 293 g/mol. The van der Waals surface area contributed by atoms with Crippen LogP contribution in [-0.4, -0.2) is 30.5 Å². The van der Waals surface area contributed by atoms with Crippen LogP contribution in [0.3, 0.4) is 0 Å². The van der Waals surface area contributed by atoms with Gasteiger partial charge in [-0.2, -0.15) is 0 Å². The number of sulfone groups is 1. The van der Waals surface area contributed by atoms with Crippen molar-refractivity contribution in [3.63, 3.8) is 0 Å². The summed E-state index contributed by atoms with van der Waals surface area (Å²) in [5, 5.41) is 2.42. The predicted molar refractivity (Wildman–Crippen MR) is 72.4 cm³/mol. The van der Waals surface area contributed by atoms with E-state index in [-0.39, 0.29) is 16.3 Å². The number of aromatic nitrogens is 2. The van der Waals surface area contributed by atoms with Gasteiger partial charge in [-0.1, -0.05) is 6.07 Å². The summed E-state index contributed by atoms with van der Waals surface area (Å²) in [7, 11) is -3.38. The van der Waals surface area contributed by atoms with Crippen LogP contribution in [0.15, 0.2) is 46.3 Å². The van der Waals surface area contributed by atoms with Crippen molar-refractivity contribution in [2.75, 3.05) is 11.6 Å². The standard InChI is InChI=1S/C12H11N3O4S/c1-20(18,19)11-6-5-8(7-13-11)14-12(17)9-3-2-4-10(16)15-9/h2-7H,1H3,(H,14,17)(H,15,16). The zero-order chi connectivity index (χ0) is 14.8. The van der Waals surface area contributed by atoms with Gasteiger partial charge in [0.15, 0.2) is 14.9 Å². The van der Waals surface area contributed by atoms with Gasteiger partial charge in [0.1, 0.15) is 5.69 Å². The summed E-state index contributed by atoms with van der Waals surface area (Å²) in [5.41, 5.74) is 0.0417. The van der Waals surface area contributed by atoms with Crippen molar-refractivity contribution < 1.29 is 13.2 Å². The van der Waals surface area contributed by atoms with Gasteiger partial charge in [0, 0.05) is 12.3 Å². The third-order valence-electron chi connectivity index (χ3n) is 2.39. The molecular weight excluding hydrogens is 282 g/mol. The Hall–Kier alpha value is -2.48. The molecule has 1 amide bonds. The summed E-state index contributed by atoms with van der Waals surface area (Å²) in [6.07, 6.45) is 2.28. The number of rotatable bonds is 3. The number of pyridine rings is 2. The summed E-state index contributed by atoms with van der Waals surface area (Å²) in [6.45, 7) is 0. The SMILES string of the molecule is CS(=O)(=O)c1ccc(NC(=O)c2cccc(=O)[nH]2)cn1. The number of carbonyl (C=O) groups is 1. The van der Waals surface area contributed by atoms with Crippen molar-refractivity contribution >= 4 is 21.4 Å². The molecule has 0 aromatic carbocycles. The largest absolute Gasteiger partial charge is 0.319 e. The minimum absolute atomic E-state index is 0.0800. The van der Waals surface area contributed by atoms with Gasteiger partial charge in [-0.15, -0.1) is 0 Å². The molecule has 2 rings (SSSR count). The van der Waals surface area contributed by atoms with Crippen molar-refractivity contribution in [1.29, 1.82) is 0 Å². The minimum Gasteiger partial charge on any atom is -0.319 e. The van der Waals surface area contributed by atoms with Crippen molar-refractivity contribution in [3.8, 4) is 0 Å². The minimum atomic E-state index is -3.38. The van der Waals surface area contributed by atoms with Crippen LogP contribution in [0.5, 0.6) is 0 Å². The van der Waals surface area contributed by atoms with Gasteiger partial charge in [0.05, 0.1) is 11.9 Å². The number of nitrogens with zero attached hydrogens (tertiary/aromatic N) is 1. The summed E-state index contributed by atoms with van der Waals surface area (Å²) in [5.74, 6) is -0.517. The fraction of sp³-hybridized carbons (Fsp3) is 0.0833. The van der Waals surface area contributed by atoms with Crippen molar-refractivity contribution in [3.05, 3.63) is 52.6 Å². The zero-order valence-corrected chi connectivity index (χ0v) is 11.3. The molecule has 0 bridgehead atoms. The molecule has 0 spiro atoms. The third kappa shape index (κ3) is 3.29. The molecule has 0 aliphatic rings. The van der Waals surface area contributed by atoms with E-state index in [1.54, 1.807) is 0 Å². The van der Waals surface area contributed by atoms with E-state index in [1.807, 2.05) is 0 Å². The van der Waals surface area contributed by atoms with Gasteiger partial charge in [-0.25, -0.2) is 13.4 Å². The molecule has 2 aromatic heterocycles. The van der Waals surface area contributed by atoms with E-state index in [0.717, 1.165) is 6.26 Å². The number of hydrogen-bond acceptors (Lipinski definition) is 5. The van der Waals surface area contributed by atoms with Crippen LogP contribution < -0.4 is 10.9 Å². The highest BCUT2D eigenvalue weighted by atomic mass is 32.2. The Labute approximate surface area is 114 Å². The topological polar surface area (TPSA) is 109 Å². The summed E-state index contributed by atoms with van der Waals surface area (Å²) < 4.78 is 22.5. The highest BCUT2D eigenvalue weighted by molar-refractivity contribution is 7.90.